The number of nitro groups is 3. The Hall–Kier alpha value is -3.52. The van der Waals surface area contributed by atoms with Crippen molar-refractivity contribution < 1.29 is 32.7 Å². The highest BCUT2D eigenvalue weighted by molar-refractivity contribution is 6.37. The highest BCUT2D eigenvalue weighted by Gasteiger charge is 2.40. The van der Waals surface area contributed by atoms with E-state index in [0.29, 0.717) is 12.1 Å². The second kappa shape index (κ2) is 8.08. The van der Waals surface area contributed by atoms with Gasteiger partial charge in [-0.3, -0.25) is 40.0 Å². The lowest BCUT2D eigenvalue weighted by atomic mass is 10.1. The van der Waals surface area contributed by atoms with Crippen molar-refractivity contribution in [2.75, 3.05) is 4.90 Å². The molecule has 2 aromatic rings. The summed E-state index contributed by atoms with van der Waals surface area (Å²) in [5.41, 5.74) is -7.02. The molecule has 0 heterocycles. The topological polar surface area (TPSA) is 150 Å². The van der Waals surface area contributed by atoms with Gasteiger partial charge in [-0.1, -0.05) is 23.2 Å². The molecule has 0 saturated carbocycles. The van der Waals surface area contributed by atoms with Gasteiger partial charge in [-0.05, 0) is 6.07 Å². The van der Waals surface area contributed by atoms with Gasteiger partial charge in [0.05, 0.1) is 31.0 Å². The molecule has 0 bridgehead atoms. The summed E-state index contributed by atoms with van der Waals surface area (Å²) in [6.07, 6.45) is -5.37. The molecule has 30 heavy (non-hydrogen) atoms. The van der Waals surface area contributed by atoms with Crippen molar-refractivity contribution in [3.8, 4) is 0 Å². The van der Waals surface area contributed by atoms with Crippen LogP contribution in [0.3, 0.4) is 0 Å². The highest BCUT2D eigenvalue weighted by Crippen LogP contribution is 2.47. The number of carbonyl (C=O) groups excluding carboxylic acids is 1. The van der Waals surface area contributed by atoms with Gasteiger partial charge in [0.15, 0.2) is 0 Å². The minimum absolute atomic E-state index is 0.000263. The summed E-state index contributed by atoms with van der Waals surface area (Å²) in [6, 6.07) is 1.37. The third kappa shape index (κ3) is 4.23. The maximum Gasteiger partial charge on any atom is 0.416 e. The molecule has 11 nitrogen and oxygen atoms in total. The molecule has 16 heteroatoms. The minimum Gasteiger partial charge on any atom is -0.278 e. The molecule has 0 aliphatic rings. The maximum absolute atomic E-state index is 13.0. The Balaban J connectivity index is 2.91. The van der Waals surface area contributed by atoms with E-state index >= 15 is 0 Å². The molecule has 2 rings (SSSR count). The lowest BCUT2D eigenvalue weighted by Crippen LogP contribution is -2.19. The lowest BCUT2D eigenvalue weighted by Gasteiger charge is -2.20. The van der Waals surface area contributed by atoms with Crippen LogP contribution in [0.4, 0.5) is 41.6 Å². The van der Waals surface area contributed by atoms with Crippen molar-refractivity contribution in [3.63, 3.8) is 0 Å². The van der Waals surface area contributed by atoms with E-state index in [9.17, 15) is 48.3 Å². The van der Waals surface area contributed by atoms with Crippen molar-refractivity contribution in [1.29, 1.82) is 0 Å². The molecule has 0 unspecified atom stereocenters. The van der Waals surface area contributed by atoms with Crippen LogP contribution in [0.25, 0.3) is 0 Å². The summed E-state index contributed by atoms with van der Waals surface area (Å²) in [5, 5.41) is 32.4. The maximum atomic E-state index is 13.0. The quantitative estimate of drug-likeness (QED) is 0.327. The molecule has 0 radical (unpaired) electrons. The van der Waals surface area contributed by atoms with Crippen LogP contribution in [0.1, 0.15) is 5.56 Å². The van der Waals surface area contributed by atoms with Gasteiger partial charge in [0.25, 0.3) is 5.69 Å². The van der Waals surface area contributed by atoms with Crippen molar-refractivity contribution in [3.05, 3.63) is 70.2 Å². The Morgan fingerprint density at radius 1 is 0.833 bits per heavy atom. The van der Waals surface area contributed by atoms with Gasteiger partial charge in [-0.25, -0.2) is 0 Å². The largest absolute Gasteiger partial charge is 0.416 e. The Labute approximate surface area is 172 Å². The van der Waals surface area contributed by atoms with Crippen LogP contribution >= 0.6 is 23.2 Å². The molecule has 0 spiro atoms. The predicted molar refractivity (Wildman–Crippen MR) is 96.1 cm³/mol. The van der Waals surface area contributed by atoms with Gasteiger partial charge < -0.3 is 0 Å². The van der Waals surface area contributed by atoms with Crippen molar-refractivity contribution >= 4 is 58.0 Å². The number of rotatable bonds is 6. The molecule has 0 atom stereocenters. The third-order valence-corrected chi connectivity index (χ3v) is 4.21. The van der Waals surface area contributed by atoms with Crippen molar-refractivity contribution in [1.82, 2.24) is 0 Å². The Bertz CT molecular complexity index is 1060. The first-order chi connectivity index (χ1) is 13.8. The van der Waals surface area contributed by atoms with E-state index in [-0.39, 0.29) is 23.4 Å². The molecule has 158 valence electrons. The molecule has 0 fully saturated rings. The molecular formula is C14H5Cl2F3N4O7. The Morgan fingerprint density at radius 3 is 1.67 bits per heavy atom. The molecule has 2 aromatic carbocycles. The average Bonchev–Trinajstić information content (AvgIpc) is 2.63. The smallest absolute Gasteiger partial charge is 0.278 e. The van der Waals surface area contributed by atoms with Gasteiger partial charge in [0.2, 0.25) is 12.1 Å². The first kappa shape index (κ1) is 22.8. The number of anilines is 2. The van der Waals surface area contributed by atoms with Crippen molar-refractivity contribution in [2.24, 2.45) is 0 Å². The SMILES string of the molecule is O=CN(c1cc(Cl)c([N+](=O)[O-])cc1Cl)c1c([N+](=O)[O-])cc(C(F)(F)F)cc1[N+](=O)[O-]. The number of hydrogen-bond acceptors (Lipinski definition) is 7. The fourth-order valence-corrected chi connectivity index (χ4v) is 2.85. The second-order valence-corrected chi connectivity index (χ2v) is 6.18. The van der Waals surface area contributed by atoms with Crippen LogP contribution in [-0.4, -0.2) is 21.2 Å². The van der Waals surface area contributed by atoms with Crippen LogP contribution in [0, 0.1) is 30.3 Å². The molecule has 0 saturated heterocycles. The summed E-state index contributed by atoms with van der Waals surface area (Å²) >= 11 is 11.6. The average molecular weight is 469 g/mol. The zero-order chi connectivity index (χ0) is 23.0. The number of carbonyl (C=O) groups is 1. The minimum atomic E-state index is -5.17. The van der Waals surface area contributed by atoms with E-state index in [1.54, 1.807) is 0 Å². The number of amides is 1. The fourth-order valence-electron chi connectivity index (χ4n) is 2.37. The van der Waals surface area contributed by atoms with Gasteiger partial charge >= 0.3 is 17.6 Å². The predicted octanol–water partition coefficient (Wildman–Crippen LogP) is 5.03. The van der Waals surface area contributed by atoms with E-state index in [2.05, 4.69) is 0 Å². The van der Waals surface area contributed by atoms with E-state index in [0.717, 1.165) is 0 Å². The number of alkyl halides is 3. The number of nitro benzene ring substituents is 3. The molecule has 1 amide bonds. The van der Waals surface area contributed by atoms with E-state index in [4.69, 9.17) is 23.2 Å². The number of hydrogen-bond donors (Lipinski definition) is 0. The van der Waals surface area contributed by atoms with Crippen molar-refractivity contribution in [2.45, 2.75) is 6.18 Å². The number of halogens is 5. The Kier molecular flexibility index (Phi) is 6.13. The fraction of sp³-hybridized carbons (Fsp3) is 0.0714. The van der Waals surface area contributed by atoms with Gasteiger partial charge in [0, 0.05) is 18.2 Å². The summed E-state index contributed by atoms with van der Waals surface area (Å²) in [5.74, 6) is 0. The van der Waals surface area contributed by atoms with E-state index in [1.807, 2.05) is 0 Å². The number of benzene rings is 2. The third-order valence-electron chi connectivity index (χ3n) is 3.61. The zero-order valence-corrected chi connectivity index (χ0v) is 15.4. The summed E-state index contributed by atoms with van der Waals surface area (Å²) in [7, 11) is 0. The lowest BCUT2D eigenvalue weighted by molar-refractivity contribution is -0.392. The monoisotopic (exact) mass is 468 g/mol. The summed E-state index contributed by atoms with van der Waals surface area (Å²) in [6.45, 7) is 0. The molecule has 0 aliphatic carbocycles. The Morgan fingerprint density at radius 2 is 1.30 bits per heavy atom. The van der Waals surface area contributed by atoms with E-state index in [1.165, 1.54) is 0 Å². The summed E-state index contributed by atoms with van der Waals surface area (Å²) < 4.78 is 39.1. The normalized spacial score (nSPS) is 11.1. The van der Waals surface area contributed by atoms with E-state index < -0.39 is 65.0 Å². The molecule has 0 aliphatic heterocycles. The highest BCUT2D eigenvalue weighted by atomic mass is 35.5. The molecular weight excluding hydrogens is 464 g/mol. The molecule has 0 aromatic heterocycles. The molecule has 0 N–H and O–H groups in total. The standard InChI is InChI=1S/C14H5Cl2F3N4O7/c15-7-4-10(21(25)26)8(16)3-9(7)20(5-24)13-11(22(27)28)1-6(14(17,18)19)2-12(13)23(29)30/h1-5H. The van der Waals surface area contributed by atoms with Gasteiger partial charge in [0.1, 0.15) is 5.02 Å². The van der Waals surface area contributed by atoms with Crippen LogP contribution in [-0.2, 0) is 11.0 Å². The second-order valence-electron chi connectivity index (χ2n) is 5.36. The van der Waals surface area contributed by atoms with Crippen LogP contribution in [0.15, 0.2) is 24.3 Å². The van der Waals surface area contributed by atoms with Crippen LogP contribution < -0.4 is 4.90 Å². The van der Waals surface area contributed by atoms with Crippen LogP contribution in [0.2, 0.25) is 10.0 Å². The van der Waals surface area contributed by atoms with Gasteiger partial charge in [-0.15, -0.1) is 0 Å². The first-order valence-electron chi connectivity index (χ1n) is 7.21. The summed E-state index contributed by atoms with van der Waals surface area (Å²) in [4.78, 5) is 41.8. The first-order valence-corrected chi connectivity index (χ1v) is 7.97. The number of nitrogens with zero attached hydrogens (tertiary/aromatic N) is 4. The zero-order valence-electron chi connectivity index (χ0n) is 13.9. The van der Waals surface area contributed by atoms with Crippen LogP contribution in [0.5, 0.6) is 0 Å². The van der Waals surface area contributed by atoms with Gasteiger partial charge in [-0.2, -0.15) is 13.2 Å².